The van der Waals surface area contributed by atoms with Gasteiger partial charge in [-0.25, -0.2) is 4.39 Å². The molecule has 110 valence electrons. The van der Waals surface area contributed by atoms with Crippen molar-refractivity contribution in [2.75, 3.05) is 13.1 Å². The zero-order valence-electron chi connectivity index (χ0n) is 12.2. The third-order valence-corrected chi connectivity index (χ3v) is 4.03. The Labute approximate surface area is 120 Å². The Morgan fingerprint density at radius 3 is 2.75 bits per heavy atom. The highest BCUT2D eigenvalue weighted by Crippen LogP contribution is 2.16. The first kappa shape index (κ1) is 15.0. The van der Waals surface area contributed by atoms with E-state index in [1.807, 2.05) is 6.92 Å². The molecule has 1 saturated heterocycles. The summed E-state index contributed by atoms with van der Waals surface area (Å²) in [6.07, 6.45) is 3.59. The van der Waals surface area contributed by atoms with Crippen molar-refractivity contribution in [3.05, 3.63) is 35.6 Å². The fourth-order valence-electron chi connectivity index (χ4n) is 2.70. The number of amides is 1. The number of hydrogen-bond acceptors (Lipinski definition) is 2. The van der Waals surface area contributed by atoms with Gasteiger partial charge in [0.15, 0.2) is 0 Å². The Morgan fingerprint density at radius 2 is 2.10 bits per heavy atom. The quantitative estimate of drug-likeness (QED) is 0.918. The molecule has 1 aliphatic rings. The Balaban J connectivity index is 1.85. The average Bonchev–Trinajstić information content (AvgIpc) is 2.42. The van der Waals surface area contributed by atoms with Crippen molar-refractivity contribution in [1.29, 1.82) is 0 Å². The van der Waals surface area contributed by atoms with Gasteiger partial charge in [0, 0.05) is 6.04 Å². The van der Waals surface area contributed by atoms with Crippen LogP contribution in [0, 0.1) is 5.82 Å². The summed E-state index contributed by atoms with van der Waals surface area (Å²) in [5.74, 6) is -0.218. The number of piperidine rings is 1. The number of hydrogen-bond donors (Lipinski definition) is 1. The van der Waals surface area contributed by atoms with E-state index < -0.39 is 0 Å². The third-order valence-electron chi connectivity index (χ3n) is 4.03. The van der Waals surface area contributed by atoms with Crippen molar-refractivity contribution in [1.82, 2.24) is 10.2 Å². The summed E-state index contributed by atoms with van der Waals surface area (Å²) in [5, 5.41) is 2.98. The molecule has 1 aliphatic heterocycles. The van der Waals surface area contributed by atoms with Gasteiger partial charge in [0.2, 0.25) is 5.91 Å². The molecule has 0 aliphatic carbocycles. The molecular formula is C16H23FN2O. The minimum absolute atomic E-state index is 0.0376. The van der Waals surface area contributed by atoms with Crippen molar-refractivity contribution in [2.45, 2.75) is 45.2 Å². The molecule has 2 unspecified atom stereocenters. The highest BCUT2D eigenvalue weighted by atomic mass is 19.1. The molecule has 4 heteroatoms. The molecule has 0 aromatic heterocycles. The van der Waals surface area contributed by atoms with Gasteiger partial charge in [-0.05, 0) is 50.9 Å². The van der Waals surface area contributed by atoms with E-state index in [2.05, 4.69) is 17.1 Å². The number of likely N-dealkylation sites (tertiary alicyclic amines) is 1. The summed E-state index contributed by atoms with van der Waals surface area (Å²) >= 11 is 0. The molecule has 1 aromatic rings. The number of carbonyl (C=O) groups is 1. The highest BCUT2D eigenvalue weighted by Gasteiger charge is 2.21. The standard InChI is InChI=1S/C16H23FN2O/c1-12-5-3-4-10-19(12)11-16(20)18-13(2)14-6-8-15(17)9-7-14/h6-9,12-13H,3-5,10-11H2,1-2H3,(H,18,20). The van der Waals surface area contributed by atoms with E-state index >= 15 is 0 Å². The number of rotatable bonds is 4. The van der Waals surface area contributed by atoms with E-state index in [1.165, 1.54) is 31.4 Å². The summed E-state index contributed by atoms with van der Waals surface area (Å²) in [4.78, 5) is 14.3. The molecule has 20 heavy (non-hydrogen) atoms. The van der Waals surface area contributed by atoms with Crippen LogP contribution in [0.15, 0.2) is 24.3 Å². The molecule has 2 rings (SSSR count). The maximum Gasteiger partial charge on any atom is 0.234 e. The van der Waals surface area contributed by atoms with Crippen molar-refractivity contribution in [2.24, 2.45) is 0 Å². The summed E-state index contributed by atoms with van der Waals surface area (Å²) < 4.78 is 12.9. The minimum Gasteiger partial charge on any atom is -0.348 e. The molecule has 0 radical (unpaired) electrons. The van der Waals surface area contributed by atoms with Crippen molar-refractivity contribution >= 4 is 5.91 Å². The van der Waals surface area contributed by atoms with E-state index in [9.17, 15) is 9.18 Å². The molecule has 0 bridgehead atoms. The molecule has 1 fully saturated rings. The zero-order valence-corrected chi connectivity index (χ0v) is 12.2. The number of nitrogens with zero attached hydrogens (tertiary/aromatic N) is 1. The summed E-state index contributed by atoms with van der Waals surface area (Å²) in [6.45, 7) is 5.55. The van der Waals surface area contributed by atoms with Crippen molar-refractivity contribution < 1.29 is 9.18 Å². The lowest BCUT2D eigenvalue weighted by atomic mass is 10.0. The van der Waals surface area contributed by atoms with Gasteiger partial charge in [-0.15, -0.1) is 0 Å². The lowest BCUT2D eigenvalue weighted by Crippen LogP contribution is -2.44. The summed E-state index contributed by atoms with van der Waals surface area (Å²) in [6, 6.07) is 6.65. The lowest BCUT2D eigenvalue weighted by molar-refractivity contribution is -0.123. The molecule has 0 saturated carbocycles. The zero-order chi connectivity index (χ0) is 14.5. The van der Waals surface area contributed by atoms with Gasteiger partial charge in [0.05, 0.1) is 12.6 Å². The molecule has 0 spiro atoms. The van der Waals surface area contributed by atoms with Crippen LogP contribution >= 0.6 is 0 Å². The van der Waals surface area contributed by atoms with Crippen LogP contribution in [-0.4, -0.2) is 29.9 Å². The first-order valence-corrected chi connectivity index (χ1v) is 7.35. The third kappa shape index (κ3) is 4.04. The van der Waals surface area contributed by atoms with Crippen molar-refractivity contribution in [3.8, 4) is 0 Å². The van der Waals surface area contributed by atoms with Gasteiger partial charge in [-0.1, -0.05) is 18.6 Å². The normalized spacial score (nSPS) is 21.4. The summed E-state index contributed by atoms with van der Waals surface area (Å²) in [5.41, 5.74) is 0.923. The summed E-state index contributed by atoms with van der Waals surface area (Å²) in [7, 11) is 0. The topological polar surface area (TPSA) is 32.3 Å². The smallest absolute Gasteiger partial charge is 0.234 e. The fourth-order valence-corrected chi connectivity index (χ4v) is 2.70. The predicted molar refractivity (Wildman–Crippen MR) is 77.8 cm³/mol. The number of halogens is 1. The monoisotopic (exact) mass is 278 g/mol. The van der Waals surface area contributed by atoms with E-state index in [-0.39, 0.29) is 17.8 Å². The van der Waals surface area contributed by atoms with E-state index in [0.29, 0.717) is 12.6 Å². The molecule has 1 amide bonds. The van der Waals surface area contributed by atoms with Gasteiger partial charge < -0.3 is 5.32 Å². The second-order valence-corrected chi connectivity index (χ2v) is 5.66. The molecule has 1 heterocycles. The average molecular weight is 278 g/mol. The second kappa shape index (κ2) is 6.84. The van der Waals surface area contributed by atoms with Gasteiger partial charge in [-0.2, -0.15) is 0 Å². The largest absolute Gasteiger partial charge is 0.348 e. The van der Waals surface area contributed by atoms with Gasteiger partial charge in [-0.3, -0.25) is 9.69 Å². The number of benzene rings is 1. The first-order chi connectivity index (χ1) is 9.56. The maximum atomic E-state index is 12.9. The van der Waals surface area contributed by atoms with E-state index in [0.717, 1.165) is 12.1 Å². The Kier molecular flexibility index (Phi) is 5.12. The molecule has 1 aromatic carbocycles. The SMILES string of the molecule is CC(NC(=O)CN1CCCCC1C)c1ccc(F)cc1. The minimum atomic E-state index is -0.255. The van der Waals surface area contributed by atoms with Crippen LogP contribution in [0.4, 0.5) is 4.39 Å². The van der Waals surface area contributed by atoms with E-state index in [1.54, 1.807) is 12.1 Å². The molecule has 1 N–H and O–H groups in total. The van der Waals surface area contributed by atoms with Crippen LogP contribution in [0.3, 0.4) is 0 Å². The molecule has 3 nitrogen and oxygen atoms in total. The lowest BCUT2D eigenvalue weighted by Gasteiger charge is -2.32. The van der Waals surface area contributed by atoms with Crippen molar-refractivity contribution in [3.63, 3.8) is 0 Å². The Morgan fingerprint density at radius 1 is 1.40 bits per heavy atom. The van der Waals surface area contributed by atoms with Crippen LogP contribution in [0.2, 0.25) is 0 Å². The highest BCUT2D eigenvalue weighted by molar-refractivity contribution is 5.78. The van der Waals surface area contributed by atoms with Gasteiger partial charge in [0.25, 0.3) is 0 Å². The van der Waals surface area contributed by atoms with Crippen LogP contribution in [0.25, 0.3) is 0 Å². The molecular weight excluding hydrogens is 255 g/mol. The Hall–Kier alpha value is -1.42. The van der Waals surface area contributed by atoms with Crippen LogP contribution in [0.1, 0.15) is 44.7 Å². The van der Waals surface area contributed by atoms with Gasteiger partial charge in [0.1, 0.15) is 5.82 Å². The van der Waals surface area contributed by atoms with Crippen LogP contribution < -0.4 is 5.32 Å². The maximum absolute atomic E-state index is 12.9. The number of carbonyl (C=O) groups excluding carboxylic acids is 1. The molecule has 2 atom stereocenters. The van der Waals surface area contributed by atoms with Crippen LogP contribution in [-0.2, 0) is 4.79 Å². The first-order valence-electron chi connectivity index (χ1n) is 7.35. The van der Waals surface area contributed by atoms with Gasteiger partial charge >= 0.3 is 0 Å². The Bertz CT molecular complexity index is 446. The predicted octanol–water partition coefficient (Wildman–Crippen LogP) is 2.88. The fraction of sp³-hybridized carbons (Fsp3) is 0.562. The van der Waals surface area contributed by atoms with Crippen LogP contribution in [0.5, 0.6) is 0 Å². The van der Waals surface area contributed by atoms with E-state index in [4.69, 9.17) is 0 Å². The number of nitrogens with one attached hydrogen (secondary N) is 1. The second-order valence-electron chi connectivity index (χ2n) is 5.66.